The van der Waals surface area contributed by atoms with Crippen molar-refractivity contribution in [3.63, 3.8) is 0 Å². The highest BCUT2D eigenvalue weighted by molar-refractivity contribution is 7.11. The molecule has 2 aromatic rings. The van der Waals surface area contributed by atoms with Gasteiger partial charge in [0.1, 0.15) is 10.6 Å². The van der Waals surface area contributed by atoms with Crippen LogP contribution in [0.25, 0.3) is 0 Å². The second-order valence-electron chi connectivity index (χ2n) is 3.07. The van der Waals surface area contributed by atoms with Crippen molar-refractivity contribution in [1.82, 2.24) is 4.37 Å². The van der Waals surface area contributed by atoms with Crippen LogP contribution < -0.4 is 16.8 Å². The third kappa shape index (κ3) is 2.15. The summed E-state index contributed by atoms with van der Waals surface area (Å²) in [7, 11) is 0. The lowest BCUT2D eigenvalue weighted by molar-refractivity contribution is 0.100. The molecule has 0 saturated heterocycles. The average Bonchev–Trinajstić information content (AvgIpc) is 2.83. The highest BCUT2D eigenvalue weighted by atomic mass is 32.1. The Bertz CT molecular complexity index is 492. The van der Waals surface area contributed by atoms with Gasteiger partial charge in [0.25, 0.3) is 5.91 Å². The predicted octanol–water partition coefficient (Wildman–Crippen LogP) is 1.50. The van der Waals surface area contributed by atoms with Crippen molar-refractivity contribution >= 4 is 39.6 Å². The summed E-state index contributed by atoms with van der Waals surface area (Å²) in [4.78, 5) is 12.3. The lowest BCUT2D eigenvalue weighted by Crippen LogP contribution is -2.14. The second-order valence-corrected chi connectivity index (χ2v) is 4.87. The number of amides is 1. The molecule has 0 atom stereocenters. The normalized spacial score (nSPS) is 10.2. The van der Waals surface area contributed by atoms with Gasteiger partial charge in [-0.15, -0.1) is 11.3 Å². The van der Waals surface area contributed by atoms with Crippen molar-refractivity contribution in [3.05, 3.63) is 28.0 Å². The van der Waals surface area contributed by atoms with Gasteiger partial charge in [-0.1, -0.05) is 6.07 Å². The van der Waals surface area contributed by atoms with Gasteiger partial charge >= 0.3 is 0 Å². The fourth-order valence-electron chi connectivity index (χ4n) is 1.24. The van der Waals surface area contributed by atoms with E-state index in [1.807, 2.05) is 17.5 Å². The molecule has 0 fully saturated rings. The number of nitrogens with one attached hydrogen (secondary N) is 1. The van der Waals surface area contributed by atoms with Crippen LogP contribution in [0, 0.1) is 0 Å². The smallest absolute Gasteiger partial charge is 0.255 e. The maximum atomic E-state index is 11.1. The van der Waals surface area contributed by atoms with E-state index in [1.54, 1.807) is 11.3 Å². The summed E-state index contributed by atoms with van der Waals surface area (Å²) >= 11 is 2.78. The van der Waals surface area contributed by atoms with Crippen LogP contribution in [-0.2, 0) is 6.54 Å². The summed E-state index contributed by atoms with van der Waals surface area (Å²) in [6.45, 7) is 0.638. The largest absolute Gasteiger partial charge is 0.382 e. The number of thiophene rings is 1. The van der Waals surface area contributed by atoms with Gasteiger partial charge in [0.2, 0.25) is 0 Å². The van der Waals surface area contributed by atoms with E-state index in [4.69, 9.17) is 11.5 Å². The Morgan fingerprint density at radius 2 is 2.38 bits per heavy atom. The fourth-order valence-corrected chi connectivity index (χ4v) is 2.60. The first-order valence-corrected chi connectivity index (χ1v) is 6.15. The van der Waals surface area contributed by atoms with Gasteiger partial charge < -0.3 is 16.8 Å². The van der Waals surface area contributed by atoms with E-state index in [0.717, 1.165) is 11.5 Å². The SMILES string of the molecule is NC(=O)c1c(N)nsc1NCc1cccs1. The first kappa shape index (κ1) is 10.9. The molecule has 0 spiro atoms. The molecule has 2 heterocycles. The molecular formula is C9H10N4OS2. The molecule has 0 bridgehead atoms. The first-order chi connectivity index (χ1) is 7.68. The van der Waals surface area contributed by atoms with E-state index in [-0.39, 0.29) is 11.4 Å². The molecule has 1 amide bonds. The Hall–Kier alpha value is -1.60. The topological polar surface area (TPSA) is 94.0 Å². The molecule has 0 radical (unpaired) electrons. The summed E-state index contributed by atoms with van der Waals surface area (Å²) in [5, 5.41) is 5.72. The molecule has 5 N–H and O–H groups in total. The van der Waals surface area contributed by atoms with Gasteiger partial charge in [-0.25, -0.2) is 0 Å². The second kappa shape index (κ2) is 4.50. The van der Waals surface area contributed by atoms with Crippen molar-refractivity contribution in [3.8, 4) is 0 Å². The average molecular weight is 254 g/mol. The summed E-state index contributed by atoms with van der Waals surface area (Å²) in [6.07, 6.45) is 0. The van der Waals surface area contributed by atoms with Crippen LogP contribution in [0.1, 0.15) is 15.2 Å². The fraction of sp³-hybridized carbons (Fsp3) is 0.111. The third-order valence-corrected chi connectivity index (χ3v) is 3.66. The molecule has 2 rings (SSSR count). The zero-order valence-corrected chi connectivity index (χ0v) is 9.90. The van der Waals surface area contributed by atoms with E-state index in [1.165, 1.54) is 4.88 Å². The van der Waals surface area contributed by atoms with Crippen LogP contribution in [0.5, 0.6) is 0 Å². The summed E-state index contributed by atoms with van der Waals surface area (Å²) in [5.74, 6) is -0.369. The number of hydrogen-bond acceptors (Lipinski definition) is 6. The Balaban J connectivity index is 2.13. The van der Waals surface area contributed by atoms with Crippen LogP contribution in [-0.4, -0.2) is 10.3 Å². The minimum absolute atomic E-state index is 0.186. The molecule has 0 aliphatic rings. The lowest BCUT2D eigenvalue weighted by atomic mass is 10.3. The Kier molecular flexibility index (Phi) is 3.07. The van der Waals surface area contributed by atoms with E-state index in [0.29, 0.717) is 11.5 Å². The van der Waals surface area contributed by atoms with Crippen molar-refractivity contribution in [2.24, 2.45) is 5.73 Å². The monoisotopic (exact) mass is 254 g/mol. The molecule has 0 aliphatic carbocycles. The van der Waals surface area contributed by atoms with Gasteiger partial charge in [-0.05, 0) is 23.0 Å². The number of anilines is 2. The van der Waals surface area contributed by atoms with Crippen LogP contribution in [0.4, 0.5) is 10.8 Å². The zero-order valence-electron chi connectivity index (χ0n) is 8.27. The van der Waals surface area contributed by atoms with Crippen molar-refractivity contribution in [1.29, 1.82) is 0 Å². The summed E-state index contributed by atoms with van der Waals surface area (Å²) in [6, 6.07) is 3.98. The van der Waals surface area contributed by atoms with Crippen LogP contribution in [0.2, 0.25) is 0 Å². The number of nitrogens with zero attached hydrogens (tertiary/aromatic N) is 1. The van der Waals surface area contributed by atoms with Gasteiger partial charge in [0.15, 0.2) is 5.82 Å². The highest BCUT2D eigenvalue weighted by Crippen LogP contribution is 2.26. The van der Waals surface area contributed by atoms with Crippen molar-refractivity contribution in [2.75, 3.05) is 11.1 Å². The number of hydrogen-bond donors (Lipinski definition) is 3. The number of rotatable bonds is 4. The number of carbonyl (C=O) groups is 1. The number of carbonyl (C=O) groups excluding carboxylic acids is 1. The lowest BCUT2D eigenvalue weighted by Gasteiger charge is -2.02. The van der Waals surface area contributed by atoms with Crippen LogP contribution >= 0.6 is 22.9 Å². The van der Waals surface area contributed by atoms with Crippen molar-refractivity contribution < 1.29 is 4.79 Å². The van der Waals surface area contributed by atoms with Crippen LogP contribution in [0.3, 0.4) is 0 Å². The zero-order chi connectivity index (χ0) is 11.5. The summed E-state index contributed by atoms with van der Waals surface area (Å²) in [5.41, 5.74) is 11.1. The van der Waals surface area contributed by atoms with Gasteiger partial charge in [-0.2, -0.15) is 4.37 Å². The minimum Gasteiger partial charge on any atom is -0.382 e. The van der Waals surface area contributed by atoms with Crippen LogP contribution in [0.15, 0.2) is 17.5 Å². The molecule has 0 aliphatic heterocycles. The maximum absolute atomic E-state index is 11.1. The minimum atomic E-state index is -0.556. The molecule has 0 saturated carbocycles. The number of aromatic nitrogens is 1. The Morgan fingerprint density at radius 1 is 1.56 bits per heavy atom. The quantitative estimate of drug-likeness (QED) is 0.770. The molecule has 2 aromatic heterocycles. The molecular weight excluding hydrogens is 244 g/mol. The Morgan fingerprint density at radius 3 is 3.00 bits per heavy atom. The predicted molar refractivity (Wildman–Crippen MR) is 66.7 cm³/mol. The van der Waals surface area contributed by atoms with Gasteiger partial charge in [-0.3, -0.25) is 4.79 Å². The van der Waals surface area contributed by atoms with Gasteiger partial charge in [0.05, 0.1) is 6.54 Å². The number of primary amides is 1. The molecule has 84 valence electrons. The van der Waals surface area contributed by atoms with E-state index in [2.05, 4.69) is 9.69 Å². The van der Waals surface area contributed by atoms with Gasteiger partial charge in [0, 0.05) is 4.88 Å². The standard InChI is InChI=1S/C9H10N4OS2/c10-7-6(8(11)14)9(16-13-7)12-4-5-2-1-3-15-5/h1-3,12H,4H2,(H2,10,13)(H2,11,14). The maximum Gasteiger partial charge on any atom is 0.255 e. The Labute approximate surface area is 100 Å². The molecule has 16 heavy (non-hydrogen) atoms. The highest BCUT2D eigenvalue weighted by Gasteiger charge is 2.16. The molecule has 0 aromatic carbocycles. The van der Waals surface area contributed by atoms with E-state index in [9.17, 15) is 4.79 Å². The summed E-state index contributed by atoms with van der Waals surface area (Å²) < 4.78 is 3.90. The molecule has 7 heteroatoms. The first-order valence-electron chi connectivity index (χ1n) is 4.49. The van der Waals surface area contributed by atoms with Crippen molar-refractivity contribution in [2.45, 2.75) is 6.54 Å². The molecule has 5 nitrogen and oxygen atoms in total. The molecule has 0 unspecified atom stereocenters. The number of nitrogen functional groups attached to an aromatic ring is 1. The van der Waals surface area contributed by atoms with E-state index < -0.39 is 5.91 Å². The third-order valence-electron chi connectivity index (χ3n) is 1.97. The van der Waals surface area contributed by atoms with E-state index >= 15 is 0 Å². The number of nitrogens with two attached hydrogens (primary N) is 2.